The summed E-state index contributed by atoms with van der Waals surface area (Å²) in [5, 5.41) is 0. The summed E-state index contributed by atoms with van der Waals surface area (Å²) in [5.41, 5.74) is 0.494. The van der Waals surface area contributed by atoms with Gasteiger partial charge < -0.3 is 4.90 Å². The third-order valence-electron chi connectivity index (χ3n) is 5.12. The van der Waals surface area contributed by atoms with E-state index in [2.05, 4.69) is 0 Å². The fraction of sp³-hybridized carbons (Fsp3) is 0.556. The maximum Gasteiger partial charge on any atom is 0.243 e. The standard InChI is InChI=1S/C18H24N2O4S/c1-14(21)15-4-6-17(7-5-15)25(23,24)20-12-8-16(9-13-20)18(22)19-10-2-3-11-19/h4-7,16H,2-3,8-13H2,1H3. The number of hydrogen-bond acceptors (Lipinski definition) is 4. The fourth-order valence-electron chi connectivity index (χ4n) is 3.55. The SMILES string of the molecule is CC(=O)c1ccc(S(=O)(=O)N2CCC(C(=O)N3CCCC3)CC2)cc1. The third-order valence-corrected chi connectivity index (χ3v) is 7.03. The van der Waals surface area contributed by atoms with Gasteiger partial charge in [-0.05, 0) is 44.7 Å². The van der Waals surface area contributed by atoms with Crippen LogP contribution in [0.4, 0.5) is 0 Å². The van der Waals surface area contributed by atoms with Crippen LogP contribution in [0.1, 0.15) is 43.0 Å². The molecule has 0 radical (unpaired) electrons. The molecule has 2 heterocycles. The molecule has 0 atom stereocenters. The van der Waals surface area contributed by atoms with Crippen molar-refractivity contribution in [2.24, 2.45) is 5.92 Å². The Hall–Kier alpha value is -1.73. The molecule has 136 valence electrons. The summed E-state index contributed by atoms with van der Waals surface area (Å²) in [6.07, 6.45) is 3.27. The van der Waals surface area contributed by atoms with Crippen LogP contribution in [0.2, 0.25) is 0 Å². The molecule has 0 saturated carbocycles. The normalized spacial score (nSPS) is 20.0. The molecule has 2 saturated heterocycles. The molecule has 6 nitrogen and oxygen atoms in total. The highest BCUT2D eigenvalue weighted by atomic mass is 32.2. The monoisotopic (exact) mass is 364 g/mol. The summed E-state index contributed by atoms with van der Waals surface area (Å²) < 4.78 is 26.9. The molecule has 1 amide bonds. The van der Waals surface area contributed by atoms with E-state index in [9.17, 15) is 18.0 Å². The molecule has 7 heteroatoms. The van der Waals surface area contributed by atoms with Gasteiger partial charge in [-0.2, -0.15) is 4.31 Å². The molecule has 0 spiro atoms. The first-order chi connectivity index (χ1) is 11.9. The van der Waals surface area contributed by atoms with E-state index in [-0.39, 0.29) is 22.5 Å². The molecule has 3 rings (SSSR count). The second-order valence-corrected chi connectivity index (χ2v) is 8.73. The summed E-state index contributed by atoms with van der Waals surface area (Å²) in [6, 6.07) is 6.04. The van der Waals surface area contributed by atoms with E-state index < -0.39 is 10.0 Å². The van der Waals surface area contributed by atoms with E-state index in [1.54, 1.807) is 12.1 Å². The quantitative estimate of drug-likeness (QED) is 0.765. The van der Waals surface area contributed by atoms with Gasteiger partial charge in [0.2, 0.25) is 15.9 Å². The molecule has 0 aliphatic carbocycles. The first-order valence-electron chi connectivity index (χ1n) is 8.79. The van der Waals surface area contributed by atoms with Gasteiger partial charge in [-0.15, -0.1) is 0 Å². The zero-order valence-electron chi connectivity index (χ0n) is 14.5. The molecule has 2 aliphatic rings. The fourth-order valence-corrected chi connectivity index (χ4v) is 5.02. The van der Waals surface area contributed by atoms with E-state index in [4.69, 9.17) is 0 Å². The van der Waals surface area contributed by atoms with Crippen LogP contribution >= 0.6 is 0 Å². The number of sulfonamides is 1. The number of ketones is 1. The molecule has 1 aromatic carbocycles. The van der Waals surface area contributed by atoms with Crippen molar-refractivity contribution in [3.05, 3.63) is 29.8 Å². The highest BCUT2D eigenvalue weighted by Crippen LogP contribution is 2.26. The van der Waals surface area contributed by atoms with Crippen molar-refractivity contribution >= 4 is 21.7 Å². The Bertz CT molecular complexity index is 744. The second kappa shape index (κ2) is 7.25. The van der Waals surface area contributed by atoms with Crippen molar-refractivity contribution in [2.75, 3.05) is 26.2 Å². The third kappa shape index (κ3) is 3.77. The van der Waals surface area contributed by atoms with Crippen LogP contribution in [0.3, 0.4) is 0 Å². The molecule has 0 bridgehead atoms. The number of rotatable bonds is 4. The van der Waals surface area contributed by atoms with E-state index in [0.29, 0.717) is 31.5 Å². The van der Waals surface area contributed by atoms with Crippen molar-refractivity contribution in [2.45, 2.75) is 37.5 Å². The number of carbonyl (C=O) groups excluding carboxylic acids is 2. The van der Waals surface area contributed by atoms with Gasteiger partial charge in [0, 0.05) is 37.7 Å². The van der Waals surface area contributed by atoms with E-state index in [1.165, 1.54) is 23.4 Å². The average Bonchev–Trinajstić information content (AvgIpc) is 3.16. The lowest BCUT2D eigenvalue weighted by atomic mass is 9.97. The van der Waals surface area contributed by atoms with Crippen LogP contribution in [0.15, 0.2) is 29.2 Å². The minimum Gasteiger partial charge on any atom is -0.342 e. The summed E-state index contributed by atoms with van der Waals surface area (Å²) in [7, 11) is -3.58. The Morgan fingerprint density at radius 3 is 2.04 bits per heavy atom. The van der Waals surface area contributed by atoms with Gasteiger partial charge in [-0.25, -0.2) is 8.42 Å². The van der Waals surface area contributed by atoms with Crippen LogP contribution in [0, 0.1) is 5.92 Å². The number of nitrogens with zero attached hydrogens (tertiary/aromatic N) is 2. The van der Waals surface area contributed by atoms with Gasteiger partial charge >= 0.3 is 0 Å². The highest BCUT2D eigenvalue weighted by Gasteiger charge is 2.34. The van der Waals surface area contributed by atoms with E-state index in [0.717, 1.165) is 25.9 Å². The molecule has 0 aromatic heterocycles. The molecule has 1 aromatic rings. The largest absolute Gasteiger partial charge is 0.342 e. The zero-order chi connectivity index (χ0) is 18.0. The van der Waals surface area contributed by atoms with E-state index >= 15 is 0 Å². The Labute approximate surface area is 148 Å². The number of carbonyl (C=O) groups is 2. The highest BCUT2D eigenvalue weighted by molar-refractivity contribution is 7.89. The summed E-state index contributed by atoms with van der Waals surface area (Å²) in [4.78, 5) is 25.9. The number of Topliss-reactive ketones (excluding diaryl/α,β-unsaturated/α-hetero) is 1. The van der Waals surface area contributed by atoms with Crippen LogP contribution in [-0.4, -0.2) is 55.5 Å². The summed E-state index contributed by atoms with van der Waals surface area (Å²) >= 11 is 0. The minimum absolute atomic E-state index is 0.0651. The number of piperidine rings is 1. The Morgan fingerprint density at radius 1 is 0.960 bits per heavy atom. The van der Waals surface area contributed by atoms with Crippen LogP contribution < -0.4 is 0 Å². The van der Waals surface area contributed by atoms with E-state index in [1.807, 2.05) is 4.90 Å². The number of hydrogen-bond donors (Lipinski definition) is 0. The lowest BCUT2D eigenvalue weighted by Crippen LogP contribution is -2.43. The van der Waals surface area contributed by atoms with Crippen molar-refractivity contribution in [3.8, 4) is 0 Å². The van der Waals surface area contributed by atoms with Crippen molar-refractivity contribution < 1.29 is 18.0 Å². The maximum atomic E-state index is 12.7. The smallest absolute Gasteiger partial charge is 0.243 e. The number of amides is 1. The molecular weight excluding hydrogens is 340 g/mol. The minimum atomic E-state index is -3.58. The lowest BCUT2D eigenvalue weighted by Gasteiger charge is -2.32. The molecule has 2 fully saturated rings. The molecule has 2 aliphatic heterocycles. The van der Waals surface area contributed by atoms with Gasteiger partial charge in [-0.1, -0.05) is 12.1 Å². The van der Waals surface area contributed by atoms with Crippen LogP contribution in [0.25, 0.3) is 0 Å². The molecule has 0 unspecified atom stereocenters. The summed E-state index contributed by atoms with van der Waals surface area (Å²) in [6.45, 7) is 3.84. The van der Waals surface area contributed by atoms with Crippen molar-refractivity contribution in [1.82, 2.24) is 9.21 Å². The topological polar surface area (TPSA) is 74.8 Å². The van der Waals surface area contributed by atoms with Crippen molar-refractivity contribution in [1.29, 1.82) is 0 Å². The zero-order valence-corrected chi connectivity index (χ0v) is 15.3. The predicted molar refractivity (Wildman–Crippen MR) is 93.7 cm³/mol. The first-order valence-corrected chi connectivity index (χ1v) is 10.2. The van der Waals surface area contributed by atoms with Gasteiger partial charge in [0.05, 0.1) is 4.90 Å². The average molecular weight is 364 g/mol. The Kier molecular flexibility index (Phi) is 5.24. The maximum absolute atomic E-state index is 12.7. The Morgan fingerprint density at radius 2 is 1.52 bits per heavy atom. The molecule has 0 N–H and O–H groups in total. The Balaban J connectivity index is 1.64. The first kappa shape index (κ1) is 18.1. The molecular formula is C18H24N2O4S. The van der Waals surface area contributed by atoms with Gasteiger partial charge in [0.1, 0.15) is 0 Å². The summed E-state index contributed by atoms with van der Waals surface area (Å²) in [5.74, 6) is 0.0233. The number of benzene rings is 1. The van der Waals surface area contributed by atoms with Crippen molar-refractivity contribution in [3.63, 3.8) is 0 Å². The lowest BCUT2D eigenvalue weighted by molar-refractivity contribution is -0.135. The second-order valence-electron chi connectivity index (χ2n) is 6.79. The molecule has 25 heavy (non-hydrogen) atoms. The van der Waals surface area contributed by atoms with Crippen LogP contribution in [-0.2, 0) is 14.8 Å². The van der Waals surface area contributed by atoms with Gasteiger partial charge in [0.15, 0.2) is 5.78 Å². The van der Waals surface area contributed by atoms with Crippen LogP contribution in [0.5, 0.6) is 0 Å². The van der Waals surface area contributed by atoms with Gasteiger partial charge in [0.25, 0.3) is 0 Å². The predicted octanol–water partition coefficient (Wildman–Crippen LogP) is 1.91. The van der Waals surface area contributed by atoms with Gasteiger partial charge in [-0.3, -0.25) is 9.59 Å². The number of likely N-dealkylation sites (tertiary alicyclic amines) is 1.